The zero-order chi connectivity index (χ0) is 17.4. The Morgan fingerprint density at radius 2 is 2.04 bits per heavy atom. The molecule has 134 valence electrons. The van der Waals surface area contributed by atoms with Crippen LogP contribution in [0.2, 0.25) is 0 Å². The molecule has 1 aromatic rings. The molecule has 2 N–H and O–H groups in total. The first-order valence-corrected chi connectivity index (χ1v) is 9.03. The number of hydrogen-bond donors (Lipinski definition) is 2. The van der Waals surface area contributed by atoms with Crippen LogP contribution in [0.3, 0.4) is 0 Å². The maximum absolute atomic E-state index is 12.3. The van der Waals surface area contributed by atoms with Gasteiger partial charge in [0.1, 0.15) is 11.9 Å². The third-order valence-electron chi connectivity index (χ3n) is 5.33. The SMILES string of the molecule is CCOC(=O)C1=CNN2C1NC(C1CC1)CC2c1ccc(OC)cc1. The van der Waals surface area contributed by atoms with Gasteiger partial charge in [-0.1, -0.05) is 12.1 Å². The standard InChI is InChI=1S/C19H25N3O3/c1-3-25-19(23)15-11-20-22-17(13-6-8-14(24-2)9-7-13)10-16(12-4-5-12)21-18(15)22/h6-9,11-12,16-18,20-21H,3-5,10H2,1-2H3. The van der Waals surface area contributed by atoms with Crippen molar-refractivity contribution in [2.24, 2.45) is 5.92 Å². The summed E-state index contributed by atoms with van der Waals surface area (Å²) in [5, 5.41) is 5.79. The van der Waals surface area contributed by atoms with Crippen molar-refractivity contribution >= 4 is 5.97 Å². The predicted molar refractivity (Wildman–Crippen MR) is 93.5 cm³/mol. The van der Waals surface area contributed by atoms with Gasteiger partial charge in [-0.25, -0.2) is 4.79 Å². The number of ether oxygens (including phenoxy) is 2. The summed E-state index contributed by atoms with van der Waals surface area (Å²) < 4.78 is 10.5. The molecular formula is C19H25N3O3. The molecule has 1 saturated heterocycles. The van der Waals surface area contributed by atoms with Crippen LogP contribution in [0.15, 0.2) is 36.0 Å². The van der Waals surface area contributed by atoms with E-state index < -0.39 is 0 Å². The minimum atomic E-state index is -0.250. The molecule has 0 amide bonds. The largest absolute Gasteiger partial charge is 0.497 e. The number of carbonyl (C=O) groups is 1. The van der Waals surface area contributed by atoms with E-state index in [4.69, 9.17) is 9.47 Å². The minimum Gasteiger partial charge on any atom is -0.497 e. The Morgan fingerprint density at radius 3 is 2.68 bits per heavy atom. The number of esters is 1. The second kappa shape index (κ2) is 6.69. The van der Waals surface area contributed by atoms with Crippen LogP contribution in [-0.4, -0.2) is 36.9 Å². The number of nitrogens with zero attached hydrogens (tertiary/aromatic N) is 1. The van der Waals surface area contributed by atoms with Gasteiger partial charge in [0.25, 0.3) is 0 Å². The molecule has 1 aromatic carbocycles. The van der Waals surface area contributed by atoms with Crippen LogP contribution in [0.4, 0.5) is 0 Å². The topological polar surface area (TPSA) is 62.8 Å². The molecule has 6 nitrogen and oxygen atoms in total. The van der Waals surface area contributed by atoms with Crippen LogP contribution in [0.5, 0.6) is 5.75 Å². The fourth-order valence-electron chi connectivity index (χ4n) is 3.85. The van der Waals surface area contributed by atoms with E-state index in [2.05, 4.69) is 27.9 Å². The summed E-state index contributed by atoms with van der Waals surface area (Å²) in [6.45, 7) is 2.22. The molecular weight excluding hydrogens is 318 g/mol. The molecule has 25 heavy (non-hydrogen) atoms. The van der Waals surface area contributed by atoms with Gasteiger partial charge in [-0.15, -0.1) is 0 Å². The van der Waals surface area contributed by atoms with Crippen molar-refractivity contribution in [3.63, 3.8) is 0 Å². The molecule has 3 aliphatic rings. The van der Waals surface area contributed by atoms with Crippen molar-refractivity contribution in [2.75, 3.05) is 13.7 Å². The molecule has 2 heterocycles. The van der Waals surface area contributed by atoms with Gasteiger partial charge in [0, 0.05) is 12.2 Å². The fraction of sp³-hybridized carbons (Fsp3) is 0.526. The molecule has 0 aromatic heterocycles. The van der Waals surface area contributed by atoms with Crippen molar-refractivity contribution in [2.45, 2.75) is 44.4 Å². The fourth-order valence-corrected chi connectivity index (χ4v) is 3.85. The van der Waals surface area contributed by atoms with Crippen LogP contribution in [0, 0.1) is 5.92 Å². The summed E-state index contributed by atoms with van der Waals surface area (Å²) in [6, 6.07) is 8.83. The van der Waals surface area contributed by atoms with E-state index in [9.17, 15) is 4.79 Å². The maximum atomic E-state index is 12.3. The number of carbonyl (C=O) groups excluding carboxylic acids is 1. The average Bonchev–Trinajstić information content (AvgIpc) is 3.40. The van der Waals surface area contributed by atoms with Crippen LogP contribution < -0.4 is 15.5 Å². The Balaban J connectivity index is 1.59. The molecule has 2 aliphatic heterocycles. The third kappa shape index (κ3) is 3.12. The number of nitrogens with one attached hydrogen (secondary N) is 2. The summed E-state index contributed by atoms with van der Waals surface area (Å²) in [6.07, 6.45) is 5.19. The number of methoxy groups -OCH3 is 1. The Kier molecular flexibility index (Phi) is 4.39. The second-order valence-electron chi connectivity index (χ2n) is 6.89. The molecule has 0 radical (unpaired) electrons. The van der Waals surface area contributed by atoms with Gasteiger partial charge >= 0.3 is 5.97 Å². The quantitative estimate of drug-likeness (QED) is 0.799. The first-order valence-electron chi connectivity index (χ1n) is 9.03. The average molecular weight is 343 g/mol. The molecule has 3 unspecified atom stereocenters. The lowest BCUT2D eigenvalue weighted by molar-refractivity contribution is -0.139. The van der Waals surface area contributed by atoms with Gasteiger partial charge in [-0.05, 0) is 49.8 Å². The second-order valence-corrected chi connectivity index (χ2v) is 6.89. The van der Waals surface area contributed by atoms with Gasteiger partial charge in [-0.3, -0.25) is 5.32 Å². The highest BCUT2D eigenvalue weighted by Gasteiger charge is 2.46. The van der Waals surface area contributed by atoms with E-state index in [-0.39, 0.29) is 18.2 Å². The van der Waals surface area contributed by atoms with Crippen molar-refractivity contribution in [3.05, 3.63) is 41.6 Å². The monoisotopic (exact) mass is 343 g/mol. The van der Waals surface area contributed by atoms with Crippen LogP contribution >= 0.6 is 0 Å². The minimum absolute atomic E-state index is 0.148. The molecule has 3 atom stereocenters. The number of hydrogen-bond acceptors (Lipinski definition) is 6. The van der Waals surface area contributed by atoms with Crippen molar-refractivity contribution in [3.8, 4) is 5.75 Å². The van der Waals surface area contributed by atoms with Gasteiger partial charge in [0.2, 0.25) is 0 Å². The number of hydrazine groups is 1. The number of benzene rings is 1. The predicted octanol–water partition coefficient (Wildman–Crippen LogP) is 2.10. The van der Waals surface area contributed by atoms with E-state index in [1.807, 2.05) is 19.1 Å². The summed E-state index contributed by atoms with van der Waals surface area (Å²) >= 11 is 0. The number of fused-ring (bicyclic) bond motifs is 1. The van der Waals surface area contributed by atoms with Gasteiger partial charge in [0.05, 0.1) is 25.3 Å². The van der Waals surface area contributed by atoms with Crippen molar-refractivity contribution in [1.82, 2.24) is 15.8 Å². The van der Waals surface area contributed by atoms with Gasteiger partial charge in [0.15, 0.2) is 0 Å². The van der Waals surface area contributed by atoms with E-state index in [1.165, 1.54) is 18.4 Å². The van der Waals surface area contributed by atoms with Crippen LogP contribution in [0.1, 0.15) is 37.8 Å². The molecule has 1 aliphatic carbocycles. The lowest BCUT2D eigenvalue weighted by Gasteiger charge is -2.43. The highest BCUT2D eigenvalue weighted by molar-refractivity contribution is 5.90. The first kappa shape index (κ1) is 16.4. The van der Waals surface area contributed by atoms with Crippen molar-refractivity contribution < 1.29 is 14.3 Å². The highest BCUT2D eigenvalue weighted by Crippen LogP contribution is 2.42. The van der Waals surface area contributed by atoms with Crippen LogP contribution in [-0.2, 0) is 9.53 Å². The number of rotatable bonds is 5. The van der Waals surface area contributed by atoms with E-state index in [0.717, 1.165) is 12.2 Å². The highest BCUT2D eigenvalue weighted by atomic mass is 16.5. The first-order chi connectivity index (χ1) is 12.2. The molecule has 6 heteroatoms. The molecule has 1 saturated carbocycles. The Morgan fingerprint density at radius 1 is 1.28 bits per heavy atom. The Hall–Kier alpha value is -2.05. The van der Waals surface area contributed by atoms with Crippen molar-refractivity contribution in [1.29, 1.82) is 0 Å². The van der Waals surface area contributed by atoms with E-state index in [0.29, 0.717) is 24.1 Å². The summed E-state index contributed by atoms with van der Waals surface area (Å²) in [7, 11) is 1.68. The summed E-state index contributed by atoms with van der Waals surface area (Å²) in [4.78, 5) is 12.3. The summed E-state index contributed by atoms with van der Waals surface area (Å²) in [5.41, 5.74) is 5.17. The molecule has 0 bridgehead atoms. The van der Waals surface area contributed by atoms with E-state index in [1.54, 1.807) is 13.3 Å². The van der Waals surface area contributed by atoms with Crippen LogP contribution in [0.25, 0.3) is 0 Å². The third-order valence-corrected chi connectivity index (χ3v) is 5.33. The van der Waals surface area contributed by atoms with E-state index >= 15 is 0 Å². The summed E-state index contributed by atoms with van der Waals surface area (Å²) in [5.74, 6) is 1.32. The normalized spacial score (nSPS) is 28.7. The maximum Gasteiger partial charge on any atom is 0.338 e. The zero-order valence-electron chi connectivity index (χ0n) is 14.7. The Bertz CT molecular complexity index is 669. The smallest absolute Gasteiger partial charge is 0.338 e. The molecule has 2 fully saturated rings. The lowest BCUT2D eigenvalue weighted by Crippen LogP contribution is -2.59. The Labute approximate surface area is 148 Å². The molecule has 4 rings (SSSR count). The zero-order valence-corrected chi connectivity index (χ0v) is 14.7. The molecule has 0 spiro atoms. The lowest BCUT2D eigenvalue weighted by atomic mass is 9.92. The van der Waals surface area contributed by atoms with Gasteiger partial charge in [-0.2, -0.15) is 5.01 Å². The van der Waals surface area contributed by atoms with Gasteiger partial charge < -0.3 is 14.9 Å².